The maximum Gasteiger partial charge on any atom is 0.336 e. The van der Waals surface area contributed by atoms with E-state index in [2.05, 4.69) is 59.8 Å². The average molecular weight is 348 g/mol. The topological polar surface area (TPSA) is 42.4 Å². The molecule has 1 unspecified atom stereocenters. The molecule has 1 aromatic carbocycles. The molecule has 0 radical (unpaired) electrons. The van der Waals surface area contributed by atoms with Crippen LogP contribution >= 0.6 is 0 Å². The van der Waals surface area contributed by atoms with Crippen molar-refractivity contribution in [3.05, 3.63) is 78.0 Å². The van der Waals surface area contributed by atoms with E-state index >= 15 is 0 Å². The molecule has 0 saturated carbocycles. The van der Waals surface area contributed by atoms with Crippen molar-refractivity contribution in [2.24, 2.45) is 0 Å². The molecule has 0 aliphatic carbocycles. The van der Waals surface area contributed by atoms with Gasteiger partial charge in [0.1, 0.15) is 0 Å². The fraction of sp³-hybridized carbons (Fsp3) is 0.273. The SMILES string of the molecule is C=CC(=O)Oc1cccc(C(/C=C/c2ccc(C)cc2)N2CCCC2)n1. The summed E-state index contributed by atoms with van der Waals surface area (Å²) in [6.07, 6.45) is 7.84. The molecular weight excluding hydrogens is 324 g/mol. The number of nitrogens with zero attached hydrogens (tertiary/aromatic N) is 2. The Labute approximate surface area is 154 Å². The van der Waals surface area contributed by atoms with E-state index in [1.165, 1.54) is 18.4 Å². The third-order valence-electron chi connectivity index (χ3n) is 4.50. The lowest BCUT2D eigenvalue weighted by molar-refractivity contribution is -0.129. The van der Waals surface area contributed by atoms with Gasteiger partial charge >= 0.3 is 5.97 Å². The van der Waals surface area contributed by atoms with Crippen molar-refractivity contribution in [1.29, 1.82) is 0 Å². The number of rotatable bonds is 6. The third-order valence-corrected chi connectivity index (χ3v) is 4.50. The van der Waals surface area contributed by atoms with Gasteiger partial charge in [-0.2, -0.15) is 0 Å². The maximum absolute atomic E-state index is 11.5. The van der Waals surface area contributed by atoms with Gasteiger partial charge in [0, 0.05) is 12.1 Å². The number of aromatic nitrogens is 1. The number of benzene rings is 1. The Kier molecular flexibility index (Phi) is 5.97. The molecule has 0 N–H and O–H groups in total. The summed E-state index contributed by atoms with van der Waals surface area (Å²) in [5.41, 5.74) is 3.29. The van der Waals surface area contributed by atoms with Crippen molar-refractivity contribution in [3.8, 4) is 5.88 Å². The first-order valence-corrected chi connectivity index (χ1v) is 8.96. The minimum Gasteiger partial charge on any atom is -0.404 e. The van der Waals surface area contributed by atoms with Crippen molar-refractivity contribution in [2.45, 2.75) is 25.8 Å². The minimum absolute atomic E-state index is 0.0567. The van der Waals surface area contributed by atoms with Crippen LogP contribution in [-0.2, 0) is 4.79 Å². The molecule has 0 spiro atoms. The lowest BCUT2D eigenvalue weighted by Crippen LogP contribution is -2.25. The summed E-state index contributed by atoms with van der Waals surface area (Å²) in [5.74, 6) is -0.192. The first-order valence-electron chi connectivity index (χ1n) is 8.96. The van der Waals surface area contributed by atoms with Crippen LogP contribution in [-0.4, -0.2) is 28.9 Å². The number of aryl methyl sites for hydroxylation is 1. The second kappa shape index (κ2) is 8.59. The molecule has 1 aliphatic rings. The zero-order valence-corrected chi connectivity index (χ0v) is 15.1. The molecule has 1 saturated heterocycles. The monoisotopic (exact) mass is 348 g/mol. The standard InChI is InChI=1S/C22H24N2O2/c1-3-22(25)26-21-8-6-7-19(23-21)20(24-15-4-5-16-24)14-13-18-11-9-17(2)10-12-18/h3,6-14,20H,1,4-5,15-16H2,2H3/b14-13+. The minimum atomic E-state index is -0.498. The van der Waals surface area contributed by atoms with E-state index < -0.39 is 5.97 Å². The summed E-state index contributed by atoms with van der Waals surface area (Å²) >= 11 is 0. The average Bonchev–Trinajstić information content (AvgIpc) is 3.18. The summed E-state index contributed by atoms with van der Waals surface area (Å²) in [7, 11) is 0. The zero-order valence-electron chi connectivity index (χ0n) is 15.1. The smallest absolute Gasteiger partial charge is 0.336 e. The summed E-state index contributed by atoms with van der Waals surface area (Å²) in [5, 5.41) is 0. The molecule has 134 valence electrons. The maximum atomic E-state index is 11.5. The van der Waals surface area contributed by atoms with Gasteiger partial charge in [-0.1, -0.05) is 54.6 Å². The number of hydrogen-bond acceptors (Lipinski definition) is 4. The van der Waals surface area contributed by atoms with E-state index in [1.54, 1.807) is 6.07 Å². The lowest BCUT2D eigenvalue weighted by atomic mass is 10.1. The Hall–Kier alpha value is -2.72. The van der Waals surface area contributed by atoms with E-state index in [-0.39, 0.29) is 6.04 Å². The van der Waals surface area contributed by atoms with Gasteiger partial charge in [-0.3, -0.25) is 4.90 Å². The van der Waals surface area contributed by atoms with Crippen molar-refractivity contribution in [2.75, 3.05) is 13.1 Å². The number of ether oxygens (including phenoxy) is 1. The molecule has 2 aromatic rings. The van der Waals surface area contributed by atoms with Crippen molar-refractivity contribution in [1.82, 2.24) is 9.88 Å². The number of carbonyl (C=O) groups excluding carboxylic acids is 1. The lowest BCUT2D eigenvalue weighted by Gasteiger charge is -2.24. The van der Waals surface area contributed by atoms with Crippen molar-refractivity contribution >= 4 is 12.0 Å². The summed E-state index contributed by atoms with van der Waals surface area (Å²) in [6, 6.07) is 14.0. The van der Waals surface area contributed by atoms with Crippen LogP contribution in [0, 0.1) is 6.92 Å². The van der Waals surface area contributed by atoms with Gasteiger partial charge in [-0.25, -0.2) is 9.78 Å². The summed E-state index contributed by atoms with van der Waals surface area (Å²) in [4.78, 5) is 18.4. The van der Waals surface area contributed by atoms with Crippen LogP contribution in [0.1, 0.15) is 35.7 Å². The highest BCUT2D eigenvalue weighted by molar-refractivity contribution is 5.83. The molecule has 4 nitrogen and oxygen atoms in total. The van der Waals surface area contributed by atoms with E-state index in [0.29, 0.717) is 5.88 Å². The molecule has 1 fully saturated rings. The van der Waals surface area contributed by atoms with Crippen molar-refractivity contribution in [3.63, 3.8) is 0 Å². The second-order valence-corrected chi connectivity index (χ2v) is 6.48. The van der Waals surface area contributed by atoms with Gasteiger partial charge in [-0.15, -0.1) is 0 Å². The largest absolute Gasteiger partial charge is 0.404 e. The number of pyridine rings is 1. The van der Waals surface area contributed by atoms with E-state index in [4.69, 9.17) is 4.74 Å². The van der Waals surface area contributed by atoms with Crippen LogP contribution < -0.4 is 4.74 Å². The van der Waals surface area contributed by atoms with E-state index in [9.17, 15) is 4.79 Å². The Morgan fingerprint density at radius 2 is 1.92 bits per heavy atom. The predicted molar refractivity (Wildman–Crippen MR) is 104 cm³/mol. The number of carbonyl (C=O) groups is 1. The molecule has 1 atom stereocenters. The highest BCUT2D eigenvalue weighted by atomic mass is 16.5. The van der Waals surface area contributed by atoms with Crippen LogP contribution in [0.5, 0.6) is 5.88 Å². The highest BCUT2D eigenvalue weighted by Crippen LogP contribution is 2.27. The van der Waals surface area contributed by atoms with E-state index in [1.807, 2.05) is 12.1 Å². The van der Waals surface area contributed by atoms with Crippen LogP contribution in [0.15, 0.2) is 61.2 Å². The fourth-order valence-corrected chi connectivity index (χ4v) is 3.10. The van der Waals surface area contributed by atoms with Crippen LogP contribution in [0.4, 0.5) is 0 Å². The second-order valence-electron chi connectivity index (χ2n) is 6.48. The Bertz CT molecular complexity index is 790. The quantitative estimate of drug-likeness (QED) is 0.575. The Balaban J connectivity index is 1.86. The highest BCUT2D eigenvalue weighted by Gasteiger charge is 2.22. The molecule has 1 aliphatic heterocycles. The van der Waals surface area contributed by atoms with Gasteiger partial charge in [0.25, 0.3) is 0 Å². The number of esters is 1. The normalized spacial score (nSPS) is 15.9. The Morgan fingerprint density at radius 3 is 2.62 bits per heavy atom. The predicted octanol–water partition coefficient (Wildman–Crippen LogP) is 4.33. The molecule has 1 aromatic heterocycles. The molecule has 0 amide bonds. The molecular formula is C22H24N2O2. The van der Waals surface area contributed by atoms with Crippen molar-refractivity contribution < 1.29 is 9.53 Å². The third kappa shape index (κ3) is 4.67. The zero-order chi connectivity index (χ0) is 18.4. The first kappa shape index (κ1) is 18.1. The van der Waals surface area contributed by atoms with Gasteiger partial charge in [-0.05, 0) is 44.5 Å². The van der Waals surface area contributed by atoms with Gasteiger partial charge in [0.15, 0.2) is 0 Å². The number of hydrogen-bond donors (Lipinski definition) is 0. The summed E-state index contributed by atoms with van der Waals surface area (Å²) in [6.45, 7) is 7.59. The molecule has 4 heteroatoms. The summed E-state index contributed by atoms with van der Waals surface area (Å²) < 4.78 is 5.18. The molecule has 26 heavy (non-hydrogen) atoms. The van der Waals surface area contributed by atoms with Gasteiger partial charge in [0.2, 0.25) is 5.88 Å². The number of likely N-dealkylation sites (tertiary alicyclic amines) is 1. The van der Waals surface area contributed by atoms with Crippen LogP contribution in [0.3, 0.4) is 0 Å². The molecule has 3 rings (SSSR count). The van der Waals surface area contributed by atoms with Gasteiger partial charge in [0.05, 0.1) is 11.7 Å². The first-order chi connectivity index (χ1) is 12.7. The Morgan fingerprint density at radius 1 is 1.19 bits per heavy atom. The molecule has 0 bridgehead atoms. The van der Waals surface area contributed by atoms with E-state index in [0.717, 1.165) is 30.4 Å². The fourth-order valence-electron chi connectivity index (χ4n) is 3.10. The molecule has 2 heterocycles. The van der Waals surface area contributed by atoms with Gasteiger partial charge < -0.3 is 4.74 Å². The van der Waals surface area contributed by atoms with Crippen LogP contribution in [0.2, 0.25) is 0 Å². The van der Waals surface area contributed by atoms with Crippen LogP contribution in [0.25, 0.3) is 6.08 Å².